The van der Waals surface area contributed by atoms with Gasteiger partial charge in [0.15, 0.2) is 0 Å². The Labute approximate surface area is 175 Å². The minimum Gasteiger partial charge on any atom is -0.494 e. The van der Waals surface area contributed by atoms with E-state index in [2.05, 4.69) is 0 Å². The largest absolute Gasteiger partial charge is 0.494 e. The molecule has 0 aliphatic heterocycles. The van der Waals surface area contributed by atoms with Crippen LogP contribution >= 0.6 is 0 Å². The quantitative estimate of drug-likeness (QED) is 0.377. The van der Waals surface area contributed by atoms with Gasteiger partial charge in [-0.1, -0.05) is 54.6 Å². The average Bonchev–Trinajstić information content (AvgIpc) is 3.31. The zero-order valence-corrected chi connectivity index (χ0v) is 16.9. The first kappa shape index (κ1) is 20.1. The van der Waals surface area contributed by atoms with Gasteiger partial charge in [0.1, 0.15) is 17.2 Å². The highest BCUT2D eigenvalue weighted by Crippen LogP contribution is 2.62. The molecule has 1 aliphatic carbocycles. The summed E-state index contributed by atoms with van der Waals surface area (Å²) >= 11 is 0. The molecule has 1 saturated carbocycles. The van der Waals surface area contributed by atoms with E-state index >= 15 is 0 Å². The second-order valence-corrected chi connectivity index (χ2v) is 7.48. The van der Waals surface area contributed by atoms with Crippen molar-refractivity contribution >= 4 is 0 Å². The molecule has 0 spiro atoms. The lowest BCUT2D eigenvalue weighted by atomic mass is 9.94. The van der Waals surface area contributed by atoms with Crippen LogP contribution in [0.25, 0.3) is 0 Å². The van der Waals surface area contributed by atoms with Gasteiger partial charge in [0.25, 0.3) is 5.92 Å². The van der Waals surface area contributed by atoms with Crippen molar-refractivity contribution in [2.45, 2.75) is 31.1 Å². The third-order valence-electron chi connectivity index (χ3n) is 5.34. The molecule has 1 unspecified atom stereocenters. The lowest BCUT2D eigenvalue weighted by Crippen LogP contribution is -2.13. The van der Waals surface area contributed by atoms with E-state index in [1.807, 2.05) is 67.6 Å². The topological polar surface area (TPSA) is 18.5 Å². The number of rotatable bonds is 8. The number of hydrogen-bond donors (Lipinski definition) is 0. The number of allylic oxidation sites excluding steroid dienone is 2. The van der Waals surface area contributed by atoms with E-state index in [4.69, 9.17) is 9.47 Å². The van der Waals surface area contributed by atoms with Crippen molar-refractivity contribution < 1.29 is 18.3 Å². The Morgan fingerprint density at radius 2 is 1.57 bits per heavy atom. The van der Waals surface area contributed by atoms with Gasteiger partial charge in [-0.3, -0.25) is 0 Å². The number of alkyl halides is 2. The molecule has 2 nitrogen and oxygen atoms in total. The van der Waals surface area contributed by atoms with Crippen LogP contribution in [0.2, 0.25) is 0 Å². The first-order valence-electron chi connectivity index (χ1n) is 10.1. The highest BCUT2D eigenvalue weighted by Gasteiger charge is 2.70. The fourth-order valence-corrected chi connectivity index (χ4v) is 3.67. The van der Waals surface area contributed by atoms with E-state index < -0.39 is 11.3 Å². The molecule has 1 fully saturated rings. The molecule has 4 heteroatoms. The van der Waals surface area contributed by atoms with Crippen LogP contribution in [0.15, 0.2) is 91.0 Å². The Balaban J connectivity index is 1.47. The van der Waals surface area contributed by atoms with Gasteiger partial charge in [-0.05, 0) is 60.9 Å². The van der Waals surface area contributed by atoms with Gasteiger partial charge in [-0.2, -0.15) is 0 Å². The molecular weight excluding hydrogens is 382 g/mol. The molecule has 0 N–H and O–H groups in total. The molecule has 0 saturated heterocycles. The first-order valence-corrected chi connectivity index (χ1v) is 10.1. The zero-order chi connectivity index (χ0) is 21.0. The summed E-state index contributed by atoms with van der Waals surface area (Å²) in [5, 5.41) is 0. The predicted octanol–water partition coefficient (Wildman–Crippen LogP) is 6.95. The summed E-state index contributed by atoms with van der Waals surface area (Å²) in [4.78, 5) is 0. The maximum Gasteiger partial charge on any atom is 0.262 e. The molecule has 1 aliphatic rings. The van der Waals surface area contributed by atoms with Crippen LogP contribution in [0.1, 0.15) is 24.5 Å². The molecule has 4 rings (SSSR count). The van der Waals surface area contributed by atoms with Crippen LogP contribution in [0.5, 0.6) is 17.2 Å². The smallest absolute Gasteiger partial charge is 0.262 e. The Morgan fingerprint density at radius 1 is 0.867 bits per heavy atom. The maximum atomic E-state index is 14.3. The van der Waals surface area contributed by atoms with E-state index in [1.165, 1.54) is 0 Å². The molecule has 0 heterocycles. The molecule has 0 amide bonds. The second kappa shape index (κ2) is 8.31. The Morgan fingerprint density at radius 3 is 2.23 bits per heavy atom. The highest BCUT2D eigenvalue weighted by atomic mass is 19.3. The Hall–Kier alpha value is -3.14. The van der Waals surface area contributed by atoms with E-state index in [-0.39, 0.29) is 6.42 Å². The molecule has 3 aromatic rings. The summed E-state index contributed by atoms with van der Waals surface area (Å²) < 4.78 is 39.9. The highest BCUT2D eigenvalue weighted by molar-refractivity contribution is 5.46. The van der Waals surface area contributed by atoms with Crippen molar-refractivity contribution in [1.29, 1.82) is 0 Å². The van der Waals surface area contributed by atoms with Gasteiger partial charge >= 0.3 is 0 Å². The van der Waals surface area contributed by atoms with Crippen LogP contribution in [0.4, 0.5) is 8.78 Å². The van der Waals surface area contributed by atoms with Gasteiger partial charge in [-0.15, -0.1) is 0 Å². The van der Waals surface area contributed by atoms with Crippen molar-refractivity contribution in [3.05, 3.63) is 102 Å². The summed E-state index contributed by atoms with van der Waals surface area (Å²) in [6, 6.07) is 24.2. The fourth-order valence-electron chi connectivity index (χ4n) is 3.67. The Kier molecular flexibility index (Phi) is 5.58. The van der Waals surface area contributed by atoms with E-state index in [0.29, 0.717) is 24.3 Å². The van der Waals surface area contributed by atoms with Gasteiger partial charge in [0.2, 0.25) is 0 Å². The number of ether oxygens (including phenoxy) is 2. The van der Waals surface area contributed by atoms with E-state index in [9.17, 15) is 8.78 Å². The standard InChI is InChI=1S/C26H24F2O2/c1-2-29-22-15-13-21(14-16-22)25(19-26(25,27)28)17-7-9-20-8-6-12-24(18-20)30-23-10-4-3-5-11-23/h3-8,10-18H,2,9,19H2,1H3. The summed E-state index contributed by atoms with van der Waals surface area (Å²) in [6.07, 6.45) is 3.88. The lowest BCUT2D eigenvalue weighted by molar-refractivity contribution is 0.0981. The summed E-state index contributed by atoms with van der Waals surface area (Å²) in [5.41, 5.74) is 0.398. The minimum absolute atomic E-state index is 0.165. The number of halogens is 2. The second-order valence-electron chi connectivity index (χ2n) is 7.48. The SMILES string of the molecule is CCOc1ccc(C2(C=CCc3cccc(Oc4ccccc4)c3)CC2(F)F)cc1. The Bertz CT molecular complexity index is 1010. The predicted molar refractivity (Wildman–Crippen MR) is 115 cm³/mol. The zero-order valence-electron chi connectivity index (χ0n) is 16.9. The molecule has 154 valence electrons. The third kappa shape index (κ3) is 4.23. The number of hydrogen-bond acceptors (Lipinski definition) is 2. The average molecular weight is 406 g/mol. The number of benzene rings is 3. The van der Waals surface area contributed by atoms with Crippen molar-refractivity contribution in [3.63, 3.8) is 0 Å². The normalized spacial score (nSPS) is 19.6. The van der Waals surface area contributed by atoms with Gasteiger partial charge in [-0.25, -0.2) is 8.78 Å². The third-order valence-corrected chi connectivity index (χ3v) is 5.34. The molecule has 30 heavy (non-hydrogen) atoms. The molecule has 3 aromatic carbocycles. The molecule has 0 radical (unpaired) electrons. The van der Waals surface area contributed by atoms with Crippen molar-refractivity contribution in [2.24, 2.45) is 0 Å². The van der Waals surface area contributed by atoms with Crippen LogP contribution < -0.4 is 9.47 Å². The number of para-hydroxylation sites is 1. The molecule has 1 atom stereocenters. The van der Waals surface area contributed by atoms with Crippen LogP contribution in [0.3, 0.4) is 0 Å². The minimum atomic E-state index is -2.73. The molecular formula is C26H24F2O2. The lowest BCUT2D eigenvalue weighted by Gasteiger charge is -2.13. The monoisotopic (exact) mass is 406 g/mol. The molecule has 0 aromatic heterocycles. The maximum absolute atomic E-state index is 14.3. The molecule has 0 bridgehead atoms. The van der Waals surface area contributed by atoms with Crippen molar-refractivity contribution in [2.75, 3.05) is 6.61 Å². The summed E-state index contributed by atoms with van der Waals surface area (Å²) in [6.45, 7) is 2.45. The van der Waals surface area contributed by atoms with E-state index in [1.54, 1.807) is 30.3 Å². The van der Waals surface area contributed by atoms with Gasteiger partial charge in [0, 0.05) is 6.42 Å². The first-order chi connectivity index (χ1) is 14.5. The van der Waals surface area contributed by atoms with Crippen LogP contribution in [-0.4, -0.2) is 12.5 Å². The fraction of sp³-hybridized carbons (Fsp3) is 0.231. The van der Waals surface area contributed by atoms with E-state index in [0.717, 1.165) is 17.1 Å². The van der Waals surface area contributed by atoms with Gasteiger partial charge in [0.05, 0.1) is 12.0 Å². The van der Waals surface area contributed by atoms with Crippen molar-refractivity contribution in [3.8, 4) is 17.2 Å². The van der Waals surface area contributed by atoms with Crippen LogP contribution in [-0.2, 0) is 11.8 Å². The van der Waals surface area contributed by atoms with Crippen molar-refractivity contribution in [1.82, 2.24) is 0 Å². The summed E-state index contributed by atoms with van der Waals surface area (Å²) in [7, 11) is 0. The summed E-state index contributed by atoms with van der Waals surface area (Å²) in [5.74, 6) is -0.545. The van der Waals surface area contributed by atoms with Crippen LogP contribution in [0, 0.1) is 0 Å². The van der Waals surface area contributed by atoms with Gasteiger partial charge < -0.3 is 9.47 Å².